The van der Waals surface area contributed by atoms with Crippen LogP contribution in [0.3, 0.4) is 0 Å². The van der Waals surface area contributed by atoms with Crippen LogP contribution < -0.4 is 26.8 Å². The van der Waals surface area contributed by atoms with Crippen molar-refractivity contribution in [3.63, 3.8) is 0 Å². The summed E-state index contributed by atoms with van der Waals surface area (Å²) >= 11 is 1.16. The zero-order valence-electron chi connectivity index (χ0n) is 49.8. The maximum Gasteiger partial charge on any atom is 0.303 e. The number of rotatable bonds is 37. The van der Waals surface area contributed by atoms with Crippen LogP contribution in [-0.4, -0.2) is 146 Å². The van der Waals surface area contributed by atoms with Gasteiger partial charge in [-0.1, -0.05) is 84.7 Å². The van der Waals surface area contributed by atoms with Crippen molar-refractivity contribution in [3.05, 3.63) is 51.5 Å². The van der Waals surface area contributed by atoms with Gasteiger partial charge in [0.15, 0.2) is 11.9 Å². The summed E-state index contributed by atoms with van der Waals surface area (Å²) < 4.78 is 16.0. The quantitative estimate of drug-likeness (QED) is 0.0285. The number of Topliss-reactive ketones (excluding diaryl/α,β-unsaturated/α-hetero) is 2. The summed E-state index contributed by atoms with van der Waals surface area (Å²) in [4.78, 5) is 128. The van der Waals surface area contributed by atoms with Crippen LogP contribution >= 0.6 is 11.3 Å². The van der Waals surface area contributed by atoms with Crippen LogP contribution in [0.25, 0.3) is 0 Å². The highest BCUT2D eigenvalue weighted by molar-refractivity contribution is 7.09. The summed E-state index contributed by atoms with van der Waals surface area (Å²) in [6.45, 7) is 23.0. The van der Waals surface area contributed by atoms with Crippen LogP contribution in [0.2, 0.25) is 0 Å². The second-order valence-electron chi connectivity index (χ2n) is 21.8. The molecule has 0 saturated carbocycles. The number of benzene rings is 1. The van der Waals surface area contributed by atoms with Gasteiger partial charge in [-0.2, -0.15) is 0 Å². The van der Waals surface area contributed by atoms with Gasteiger partial charge in [-0.05, 0) is 91.3 Å². The summed E-state index contributed by atoms with van der Waals surface area (Å²) in [6, 6.07) is 5.80. The molecule has 0 spiro atoms. The molecule has 2 aromatic rings. The maximum atomic E-state index is 14.6. The molecule has 0 radical (unpaired) electrons. The number of likely N-dealkylation sites (N-methyl/N-ethyl adjacent to an activating group) is 1. The van der Waals surface area contributed by atoms with Crippen LogP contribution in [0.4, 0.5) is 0 Å². The number of hydrazine groups is 1. The van der Waals surface area contributed by atoms with Crippen LogP contribution in [-0.2, 0) is 59.0 Å². The van der Waals surface area contributed by atoms with Gasteiger partial charge in [0.25, 0.3) is 11.8 Å². The standard InChI is InChI=1S/C58H94N8O12S/c1-16-38(7)44(32-50(69)58(11,12)65(13)14)57(75)66(18-3)47(36(4)5)33-49(78-41(10)67)56-62-46(35-79-56)54(73)60-43(31-42-24-22-37(6)23-25-42)29-39(8)48(68)30-40(9)53(72)61-45(55(74)64-63-51(70)17-2)21-19-20-26-59-52(71)34-77-28-27-76-15/h22-25,35-36,38-40,43-45,47,49H,16-21,26-34H2,1-15H3,(H,59,71)(H,60,73)(H,61,72)(H,63,70)(H,64,74)/t38?,39?,40?,43-,44+,45?,47-,49-/m1/s1. The fourth-order valence-electron chi connectivity index (χ4n) is 8.76. The highest BCUT2D eigenvalue weighted by Gasteiger charge is 2.40. The molecule has 1 aromatic carbocycles. The molecule has 8 atom stereocenters. The molecule has 444 valence electrons. The minimum atomic E-state index is -1.06. The predicted octanol–water partition coefficient (Wildman–Crippen LogP) is 6.23. The summed E-state index contributed by atoms with van der Waals surface area (Å²) in [7, 11) is 5.22. The molecule has 79 heavy (non-hydrogen) atoms. The first-order valence-corrected chi connectivity index (χ1v) is 28.8. The first kappa shape index (κ1) is 69.5. The van der Waals surface area contributed by atoms with E-state index in [1.807, 2.05) is 98.7 Å². The summed E-state index contributed by atoms with van der Waals surface area (Å²) in [5.74, 6) is -5.58. The zero-order chi connectivity index (χ0) is 59.6. The SMILES string of the molecule is CCC(=O)NNC(=O)C(CCCCNC(=O)COCCOC)NC(=O)C(C)CC(=O)C(C)C[C@H](Cc1ccc(C)cc1)NC(=O)c1csc([C@@H](C[C@H](C(C)C)N(CC)C(=O)[C@@H](CC(=O)C(C)(C)N(C)C)C(C)CC)OC(C)=O)n1. The van der Waals surface area contributed by atoms with Gasteiger partial charge in [0.05, 0.1) is 18.8 Å². The number of esters is 1. The predicted molar refractivity (Wildman–Crippen MR) is 304 cm³/mol. The van der Waals surface area contributed by atoms with Crippen LogP contribution in [0.5, 0.6) is 0 Å². The van der Waals surface area contributed by atoms with E-state index in [0.29, 0.717) is 50.4 Å². The van der Waals surface area contributed by atoms with E-state index in [0.717, 1.165) is 22.5 Å². The average molecular weight is 1130 g/mol. The molecule has 0 aliphatic heterocycles. The number of ether oxygens (including phenoxy) is 3. The molecule has 0 aliphatic rings. The van der Waals surface area contributed by atoms with Crippen molar-refractivity contribution < 1.29 is 57.4 Å². The number of amides is 6. The summed E-state index contributed by atoms with van der Waals surface area (Å²) in [5, 5.41) is 10.6. The van der Waals surface area contributed by atoms with Gasteiger partial charge < -0.3 is 35.1 Å². The maximum absolute atomic E-state index is 14.6. The Balaban J connectivity index is 2.32. The molecule has 5 N–H and O–H groups in total. The number of methoxy groups -OCH3 is 1. The Morgan fingerprint density at radius 3 is 2.06 bits per heavy atom. The number of thiazole rings is 1. The number of aryl methyl sites for hydroxylation is 1. The molecular weight excluding hydrogens is 1030 g/mol. The minimum Gasteiger partial charge on any atom is -0.455 e. The average Bonchev–Trinajstić information content (AvgIpc) is 3.92. The van der Waals surface area contributed by atoms with E-state index in [2.05, 4.69) is 26.8 Å². The van der Waals surface area contributed by atoms with Gasteiger partial charge in [0.1, 0.15) is 29.1 Å². The van der Waals surface area contributed by atoms with Crippen molar-refractivity contribution in [2.24, 2.45) is 29.6 Å². The molecule has 0 saturated heterocycles. The molecule has 1 aromatic heterocycles. The Hall–Kier alpha value is -5.64. The number of aromatic nitrogens is 1. The Labute approximate surface area is 473 Å². The van der Waals surface area contributed by atoms with Gasteiger partial charge in [0, 0.05) is 88.0 Å². The van der Waals surface area contributed by atoms with Crippen molar-refractivity contribution >= 4 is 64.3 Å². The molecule has 4 unspecified atom stereocenters. The monoisotopic (exact) mass is 1130 g/mol. The van der Waals surface area contributed by atoms with Crippen molar-refractivity contribution in [1.82, 2.24) is 41.6 Å². The topological polar surface area (TPSA) is 261 Å². The van der Waals surface area contributed by atoms with E-state index < -0.39 is 77.1 Å². The van der Waals surface area contributed by atoms with Gasteiger partial charge in [-0.3, -0.25) is 58.9 Å². The molecule has 0 bridgehead atoms. The van der Waals surface area contributed by atoms with Crippen molar-refractivity contribution in [2.45, 2.75) is 177 Å². The Morgan fingerprint density at radius 2 is 1.48 bits per heavy atom. The second-order valence-corrected chi connectivity index (χ2v) is 22.7. The number of nitrogens with zero attached hydrogens (tertiary/aromatic N) is 3. The van der Waals surface area contributed by atoms with Crippen LogP contribution in [0, 0.1) is 36.5 Å². The third-order valence-electron chi connectivity index (χ3n) is 14.7. The molecule has 20 nitrogen and oxygen atoms in total. The fraction of sp³-hybridized carbons (Fsp3) is 0.690. The zero-order valence-corrected chi connectivity index (χ0v) is 50.7. The Morgan fingerprint density at radius 1 is 0.810 bits per heavy atom. The molecule has 21 heteroatoms. The molecule has 0 aliphatic carbocycles. The lowest BCUT2D eigenvalue weighted by molar-refractivity contribution is -0.150. The van der Waals surface area contributed by atoms with Crippen LogP contribution in [0.1, 0.15) is 167 Å². The largest absolute Gasteiger partial charge is 0.455 e. The Bertz CT molecular complexity index is 2290. The van der Waals surface area contributed by atoms with Crippen molar-refractivity contribution in [2.75, 3.05) is 54.1 Å². The van der Waals surface area contributed by atoms with Crippen molar-refractivity contribution in [1.29, 1.82) is 0 Å². The number of ketones is 2. The number of hydrogen-bond acceptors (Lipinski definition) is 15. The summed E-state index contributed by atoms with van der Waals surface area (Å²) in [5.41, 5.74) is 5.96. The smallest absolute Gasteiger partial charge is 0.303 e. The third-order valence-corrected chi connectivity index (χ3v) is 15.6. The van der Waals surface area contributed by atoms with E-state index in [4.69, 9.17) is 19.2 Å². The number of carbonyl (C=O) groups is 9. The molecule has 2 rings (SSSR count). The highest BCUT2D eigenvalue weighted by atomic mass is 32.1. The van der Waals surface area contributed by atoms with Gasteiger partial charge in [-0.25, -0.2) is 4.98 Å². The number of carbonyl (C=O) groups excluding carboxylic acids is 9. The minimum absolute atomic E-state index is 0.0304. The number of hydrogen-bond donors (Lipinski definition) is 5. The lowest BCUT2D eigenvalue weighted by atomic mass is 9.81. The van der Waals surface area contributed by atoms with Gasteiger partial charge in [-0.15, -0.1) is 11.3 Å². The van der Waals surface area contributed by atoms with E-state index >= 15 is 0 Å². The first-order valence-electron chi connectivity index (χ1n) is 28.0. The van der Waals surface area contributed by atoms with Crippen molar-refractivity contribution in [3.8, 4) is 0 Å². The first-order chi connectivity index (χ1) is 37.2. The highest BCUT2D eigenvalue weighted by Crippen LogP contribution is 2.34. The third kappa shape index (κ3) is 23.9. The van der Waals surface area contributed by atoms with E-state index in [9.17, 15) is 43.2 Å². The number of nitrogens with one attached hydrogen (secondary N) is 5. The molecule has 6 amide bonds. The van der Waals surface area contributed by atoms with E-state index in [1.54, 1.807) is 31.1 Å². The normalized spacial score (nSPS) is 14.6. The summed E-state index contributed by atoms with van der Waals surface area (Å²) in [6.07, 6.45) is 1.70. The molecular formula is C58H94N8O12S. The van der Waals surface area contributed by atoms with E-state index in [1.165, 1.54) is 14.0 Å². The van der Waals surface area contributed by atoms with Gasteiger partial charge >= 0.3 is 5.97 Å². The number of unbranched alkanes of at least 4 members (excludes halogenated alkanes) is 1. The molecule has 1 heterocycles. The van der Waals surface area contributed by atoms with Gasteiger partial charge in [0.2, 0.25) is 23.6 Å². The molecule has 0 fully saturated rings. The second kappa shape index (κ2) is 35.2. The van der Waals surface area contributed by atoms with Crippen LogP contribution in [0.15, 0.2) is 29.6 Å². The fourth-order valence-corrected chi connectivity index (χ4v) is 9.60. The van der Waals surface area contributed by atoms with E-state index in [-0.39, 0.29) is 92.6 Å². The Kier molecular flexibility index (Phi) is 30.9. The lowest BCUT2D eigenvalue weighted by Crippen LogP contribution is -2.53. The lowest BCUT2D eigenvalue weighted by Gasteiger charge is -2.39.